The minimum atomic E-state index is -0.790. The monoisotopic (exact) mass is 901 g/mol. The van der Waals surface area contributed by atoms with Gasteiger partial charge in [-0.05, 0) is 83.7 Å². The molecule has 1 amide bonds. The van der Waals surface area contributed by atoms with Gasteiger partial charge in [0.05, 0.1) is 28.6 Å². The lowest BCUT2D eigenvalue weighted by Crippen LogP contribution is -2.36. The second kappa shape index (κ2) is 22.0. The third kappa shape index (κ3) is 12.9. The first-order chi connectivity index (χ1) is 29.0. The number of hydrogen-bond donors (Lipinski definition) is 2. The van der Waals surface area contributed by atoms with E-state index in [-0.39, 0.29) is 22.9 Å². The Morgan fingerprint density at radius 3 is 1.56 bits per heavy atom. The highest BCUT2D eigenvalue weighted by molar-refractivity contribution is 6.66. The lowest BCUT2D eigenvalue weighted by Gasteiger charge is -2.28. The molecule has 0 atom stereocenters. The van der Waals surface area contributed by atoms with Gasteiger partial charge >= 0.3 is 0 Å². The standard InChI is InChI=1S/C16H15FN6O.C10H8ClFO.C8H19N.C6H8N6.CH2Cl2/c1-22-10-14(19-21-22)23-9-6-13(20-23)18-15(24)16(7-8-16)11-4-2-3-5-12(11)17;11-9(13)10(5-6-10)7-3-1-2-4-8(7)12;1-6-9(7(2)3)8(4)5;1-11-4-6(8-10-11)12-3-2-5(7)9-12;2-1-3/h2-6,9-10H,7-8H2,1H3,(H,18,20,24);1-4H,5-6H2;7-8H,6H2,1-5H3;2-4H,1H3,(H2,7,9);1H2. The third-order valence-electron chi connectivity index (χ3n) is 9.87. The Morgan fingerprint density at radius 2 is 1.21 bits per heavy atom. The molecule has 4 aromatic heterocycles. The molecule has 6 aromatic rings. The van der Waals surface area contributed by atoms with Crippen molar-refractivity contribution < 1.29 is 18.4 Å². The number of hydrogen-bond acceptors (Lipinski definition) is 10. The van der Waals surface area contributed by atoms with Gasteiger partial charge < -0.3 is 11.1 Å². The molecule has 0 spiro atoms. The van der Waals surface area contributed by atoms with Gasteiger partial charge in [0.2, 0.25) is 11.1 Å². The minimum absolute atomic E-state index is 0.194. The highest BCUT2D eigenvalue weighted by Crippen LogP contribution is 2.51. The molecule has 2 aromatic carbocycles. The summed E-state index contributed by atoms with van der Waals surface area (Å²) in [6.07, 6.45) is 9.47. The number of amides is 1. The normalized spacial score (nSPS) is 14.0. The molecule has 0 aliphatic heterocycles. The number of aryl methyl sites for hydroxylation is 2. The zero-order valence-electron chi connectivity index (χ0n) is 35.2. The van der Waals surface area contributed by atoms with E-state index in [9.17, 15) is 18.4 Å². The zero-order chi connectivity index (χ0) is 44.9. The molecule has 0 unspecified atom stereocenters. The van der Waals surface area contributed by atoms with Gasteiger partial charge in [-0.1, -0.05) is 53.7 Å². The van der Waals surface area contributed by atoms with E-state index in [1.165, 1.54) is 16.8 Å². The van der Waals surface area contributed by atoms with Gasteiger partial charge in [0.15, 0.2) is 17.5 Å². The van der Waals surface area contributed by atoms with Crippen LogP contribution in [0, 0.1) is 11.6 Å². The molecule has 61 heavy (non-hydrogen) atoms. The Hall–Kier alpha value is -5.23. The number of rotatable bonds is 10. The van der Waals surface area contributed by atoms with Crippen LogP contribution in [-0.4, -0.2) is 89.6 Å². The number of nitrogen functional groups attached to an aromatic ring is 1. The largest absolute Gasteiger partial charge is 0.382 e. The molecule has 3 N–H and O–H groups in total. The van der Waals surface area contributed by atoms with E-state index in [1.54, 1.807) is 101 Å². The summed E-state index contributed by atoms with van der Waals surface area (Å²) in [5.41, 5.74) is 4.81. The second-order valence-corrected chi connectivity index (χ2v) is 16.0. The maximum Gasteiger partial charge on any atom is 0.236 e. The van der Waals surface area contributed by atoms with Crippen LogP contribution in [0.15, 0.2) is 85.5 Å². The quantitative estimate of drug-likeness (QED) is 0.103. The van der Waals surface area contributed by atoms with E-state index in [0.717, 1.165) is 6.54 Å². The summed E-state index contributed by atoms with van der Waals surface area (Å²) in [4.78, 5) is 26.2. The SMILES string of the molecule is CCN(C(C)C)C(C)C.ClCCl.Cn1cc(-n2ccc(N)n2)nn1.Cn1cc(-n2ccc(NC(=O)C3(c4ccccc4F)CC3)n2)nn1.O=C(Cl)C1(c2ccccc2F)CC1. The summed E-state index contributed by atoms with van der Waals surface area (Å²) in [5, 5.41) is 26.2. The predicted octanol–water partition coefficient (Wildman–Crippen LogP) is 7.56. The molecule has 0 radical (unpaired) electrons. The van der Waals surface area contributed by atoms with Crippen molar-refractivity contribution in [3.05, 3.63) is 108 Å². The van der Waals surface area contributed by atoms with E-state index in [2.05, 4.69) is 75.7 Å². The fraction of sp³-hybridized carbons (Fsp3) is 0.415. The van der Waals surface area contributed by atoms with Gasteiger partial charge in [-0.15, -0.1) is 43.6 Å². The van der Waals surface area contributed by atoms with Gasteiger partial charge in [0.25, 0.3) is 0 Å². The minimum Gasteiger partial charge on any atom is -0.382 e. The number of carbonyl (C=O) groups is 2. The van der Waals surface area contributed by atoms with Crippen LogP contribution >= 0.6 is 34.8 Å². The van der Waals surface area contributed by atoms with Crippen molar-refractivity contribution in [2.24, 2.45) is 14.1 Å². The first kappa shape index (κ1) is 48.4. The van der Waals surface area contributed by atoms with Crippen LogP contribution in [0.2, 0.25) is 0 Å². The van der Waals surface area contributed by atoms with E-state index in [0.29, 0.717) is 72.2 Å². The molecule has 0 saturated heterocycles. The van der Waals surface area contributed by atoms with Crippen molar-refractivity contribution in [2.75, 3.05) is 22.9 Å². The number of halogens is 5. The van der Waals surface area contributed by atoms with Crippen LogP contribution in [-0.2, 0) is 34.5 Å². The molecule has 15 nitrogen and oxygen atoms in total. The maximum absolute atomic E-state index is 14.0. The number of benzene rings is 2. The van der Waals surface area contributed by atoms with E-state index >= 15 is 0 Å². The molecule has 2 fully saturated rings. The third-order valence-corrected chi connectivity index (χ3v) is 10.2. The summed E-state index contributed by atoms with van der Waals surface area (Å²) in [7, 11) is 3.55. The smallest absolute Gasteiger partial charge is 0.236 e. The van der Waals surface area contributed by atoms with Gasteiger partial charge in [-0.3, -0.25) is 23.9 Å². The molecule has 328 valence electrons. The van der Waals surface area contributed by atoms with Crippen LogP contribution in [0.3, 0.4) is 0 Å². The molecule has 4 heterocycles. The van der Waals surface area contributed by atoms with Crippen molar-refractivity contribution in [3.8, 4) is 11.6 Å². The Labute approximate surface area is 369 Å². The fourth-order valence-corrected chi connectivity index (χ4v) is 6.86. The molecule has 2 aliphatic rings. The summed E-state index contributed by atoms with van der Waals surface area (Å²) in [6, 6.07) is 17.5. The van der Waals surface area contributed by atoms with Crippen LogP contribution in [0.1, 0.15) is 71.4 Å². The van der Waals surface area contributed by atoms with Crippen molar-refractivity contribution in [1.82, 2.24) is 54.4 Å². The lowest BCUT2D eigenvalue weighted by atomic mass is 9.94. The van der Waals surface area contributed by atoms with Gasteiger partial charge in [-0.2, -0.15) is 0 Å². The molecule has 8 rings (SSSR count). The fourth-order valence-electron chi connectivity index (χ4n) is 6.57. The number of nitrogens with two attached hydrogens (primary N) is 1. The Morgan fingerprint density at radius 1 is 0.770 bits per heavy atom. The van der Waals surface area contributed by atoms with Gasteiger partial charge in [-0.25, -0.2) is 18.1 Å². The number of carbonyl (C=O) groups excluding carboxylic acids is 2. The summed E-state index contributed by atoms with van der Waals surface area (Å²) in [6.45, 7) is 12.3. The van der Waals surface area contributed by atoms with E-state index < -0.39 is 16.1 Å². The van der Waals surface area contributed by atoms with Crippen molar-refractivity contribution in [3.63, 3.8) is 0 Å². The highest BCUT2D eigenvalue weighted by Gasteiger charge is 2.53. The number of alkyl halides is 2. The van der Waals surface area contributed by atoms with Gasteiger partial charge in [0, 0.05) is 61.8 Å². The average molecular weight is 903 g/mol. The first-order valence-corrected chi connectivity index (χ1v) is 21.0. The Balaban J connectivity index is 0.000000189. The van der Waals surface area contributed by atoms with Crippen molar-refractivity contribution in [2.45, 2.75) is 83.2 Å². The highest BCUT2D eigenvalue weighted by atomic mass is 35.5. The number of nitrogens with one attached hydrogen (secondary N) is 1. The topological polar surface area (TPSA) is 172 Å². The summed E-state index contributed by atoms with van der Waals surface area (Å²) < 4.78 is 33.6. The average Bonchev–Trinajstić information content (AvgIpc) is 3.94. The molecule has 20 heteroatoms. The lowest BCUT2D eigenvalue weighted by molar-refractivity contribution is -0.118. The predicted molar refractivity (Wildman–Crippen MR) is 234 cm³/mol. The van der Waals surface area contributed by atoms with E-state index in [4.69, 9.17) is 40.5 Å². The molecular formula is C41H52Cl3F2N13O2. The molecule has 0 bridgehead atoms. The zero-order valence-corrected chi connectivity index (χ0v) is 37.5. The summed E-state index contributed by atoms with van der Waals surface area (Å²) in [5.74, 6) is 1.15. The van der Waals surface area contributed by atoms with Crippen LogP contribution in [0.4, 0.5) is 20.4 Å². The van der Waals surface area contributed by atoms with Crippen LogP contribution in [0.25, 0.3) is 11.6 Å². The van der Waals surface area contributed by atoms with Gasteiger partial charge in [0.1, 0.15) is 17.5 Å². The molecular weight excluding hydrogens is 851 g/mol. The summed E-state index contributed by atoms with van der Waals surface area (Å²) >= 11 is 15.0. The van der Waals surface area contributed by atoms with Crippen molar-refractivity contribution in [1.29, 1.82) is 0 Å². The molecule has 2 saturated carbocycles. The Kier molecular flexibility index (Phi) is 17.5. The maximum atomic E-state index is 14.0. The molecule has 2 aliphatic carbocycles. The number of aromatic nitrogens is 10. The number of anilines is 2. The first-order valence-electron chi connectivity index (χ1n) is 19.5. The second-order valence-electron chi connectivity index (χ2n) is 14.8. The van der Waals surface area contributed by atoms with E-state index in [1.807, 2.05) is 0 Å². The van der Waals surface area contributed by atoms with Crippen LogP contribution < -0.4 is 11.1 Å². The van der Waals surface area contributed by atoms with Crippen LogP contribution in [0.5, 0.6) is 0 Å². The van der Waals surface area contributed by atoms with Crippen molar-refractivity contribution >= 4 is 57.6 Å². The Bertz CT molecular complexity index is 2270. The number of nitrogens with zero attached hydrogens (tertiary/aromatic N) is 11.